The van der Waals surface area contributed by atoms with Gasteiger partial charge in [-0.05, 0) is 182 Å². The standard InChI is InChI=1S/C82H60BN3S2/c1-82(2,3)62-43-46-71(69(52-62)57-31-15-6-16-32-57)86-72-53-67(84(63-33-17-7-18-34-63)64-35-19-8-20-36-64)44-45-70(72)83-79-74(86)50-61(60-48-58(55-27-11-4-12-28-55)47-59(49-60)56-29-13-5-14-30-56)51-76(79)87-77-54-73(78-68-41-25-26-42-75(68)88-81(78)80(77)83)85(65-37-21-9-22-38-65)66-39-23-10-24-40-66/h4-54H,1-3H3. The highest BCUT2D eigenvalue weighted by molar-refractivity contribution is 8.00. The van der Waals surface area contributed by atoms with Gasteiger partial charge >= 0.3 is 0 Å². The zero-order valence-corrected chi connectivity index (χ0v) is 50.8. The molecule has 0 fully saturated rings. The van der Waals surface area contributed by atoms with Crippen molar-refractivity contribution in [2.24, 2.45) is 0 Å². The maximum Gasteiger partial charge on any atom is 0.251 e. The number of benzene rings is 13. The number of rotatable bonds is 11. The van der Waals surface area contributed by atoms with Crippen molar-refractivity contribution in [3.63, 3.8) is 0 Å². The summed E-state index contributed by atoms with van der Waals surface area (Å²) in [7, 11) is 0. The molecule has 0 saturated carbocycles. The van der Waals surface area contributed by atoms with Gasteiger partial charge in [0.05, 0.1) is 11.4 Å². The smallest absolute Gasteiger partial charge is 0.251 e. The Morgan fingerprint density at radius 3 is 1.39 bits per heavy atom. The van der Waals surface area contributed by atoms with Crippen LogP contribution in [0, 0.1) is 0 Å². The van der Waals surface area contributed by atoms with Crippen LogP contribution in [0.2, 0.25) is 0 Å². The van der Waals surface area contributed by atoms with Crippen LogP contribution in [0.5, 0.6) is 0 Å². The molecule has 88 heavy (non-hydrogen) atoms. The number of hydrogen-bond donors (Lipinski definition) is 0. The summed E-state index contributed by atoms with van der Waals surface area (Å²) in [6, 6.07) is 115. The minimum Gasteiger partial charge on any atom is -0.311 e. The Hall–Kier alpha value is -10.1. The van der Waals surface area contributed by atoms with Gasteiger partial charge in [-0.3, -0.25) is 0 Å². The number of fused-ring (bicyclic) bond motifs is 8. The van der Waals surface area contributed by atoms with E-state index in [-0.39, 0.29) is 12.1 Å². The van der Waals surface area contributed by atoms with Crippen molar-refractivity contribution in [2.75, 3.05) is 14.7 Å². The second kappa shape index (κ2) is 22.0. The van der Waals surface area contributed by atoms with Crippen LogP contribution in [0.15, 0.2) is 319 Å². The topological polar surface area (TPSA) is 9.72 Å². The van der Waals surface area contributed by atoms with Crippen molar-refractivity contribution >= 4 is 118 Å². The Balaban J connectivity index is 1.04. The Labute approximate surface area is 524 Å². The van der Waals surface area contributed by atoms with Crippen molar-refractivity contribution in [1.82, 2.24) is 0 Å². The van der Waals surface area contributed by atoms with Gasteiger partial charge in [-0.2, -0.15) is 0 Å². The first-order valence-electron chi connectivity index (χ1n) is 30.3. The predicted octanol–water partition coefficient (Wildman–Crippen LogP) is 21.7. The van der Waals surface area contributed by atoms with Gasteiger partial charge in [-0.1, -0.05) is 227 Å². The van der Waals surface area contributed by atoms with E-state index < -0.39 is 0 Å². The molecule has 2 aliphatic heterocycles. The molecule has 0 bridgehead atoms. The van der Waals surface area contributed by atoms with Gasteiger partial charge in [-0.15, -0.1) is 11.3 Å². The molecule has 418 valence electrons. The summed E-state index contributed by atoms with van der Waals surface area (Å²) in [6.45, 7) is 6.83. The highest BCUT2D eigenvalue weighted by Gasteiger charge is 2.44. The number of thiophene rings is 1. The molecule has 0 radical (unpaired) electrons. The van der Waals surface area contributed by atoms with Crippen LogP contribution < -0.4 is 31.1 Å². The van der Waals surface area contributed by atoms with Gasteiger partial charge in [0, 0.05) is 75.3 Å². The summed E-state index contributed by atoms with van der Waals surface area (Å²) in [5, 5.41) is 2.53. The van der Waals surface area contributed by atoms with Crippen molar-refractivity contribution in [2.45, 2.75) is 36.0 Å². The van der Waals surface area contributed by atoms with Crippen LogP contribution in [0.1, 0.15) is 26.3 Å². The van der Waals surface area contributed by atoms with E-state index in [0.29, 0.717) is 0 Å². The average Bonchev–Trinajstić information content (AvgIpc) is 1.24. The van der Waals surface area contributed by atoms with Crippen LogP contribution in [0.25, 0.3) is 64.7 Å². The zero-order valence-electron chi connectivity index (χ0n) is 49.2. The number of para-hydroxylation sites is 4. The third-order valence-electron chi connectivity index (χ3n) is 17.6. The van der Waals surface area contributed by atoms with Crippen LogP contribution in [0.4, 0.5) is 51.2 Å². The lowest BCUT2D eigenvalue weighted by molar-refractivity contribution is 0.590. The van der Waals surface area contributed by atoms with Gasteiger partial charge in [0.2, 0.25) is 0 Å². The van der Waals surface area contributed by atoms with Gasteiger partial charge in [0.1, 0.15) is 0 Å². The molecule has 0 unspecified atom stereocenters. The quantitative estimate of drug-likeness (QED) is 0.119. The van der Waals surface area contributed by atoms with E-state index >= 15 is 0 Å². The minimum atomic E-state index is -0.145. The zero-order chi connectivity index (χ0) is 58.9. The maximum absolute atomic E-state index is 2.65. The first kappa shape index (κ1) is 53.4. The van der Waals surface area contributed by atoms with E-state index in [2.05, 4.69) is 345 Å². The lowest BCUT2D eigenvalue weighted by atomic mass is 9.34. The molecule has 1 aromatic heterocycles. The molecule has 0 saturated heterocycles. The molecule has 16 rings (SSSR count). The summed E-state index contributed by atoms with van der Waals surface area (Å²) in [5.41, 5.74) is 24.6. The lowest BCUT2D eigenvalue weighted by Gasteiger charge is -2.42. The molecule has 6 heteroatoms. The Bertz CT molecular complexity index is 4780. The molecule has 0 N–H and O–H groups in total. The molecule has 2 aliphatic rings. The van der Waals surface area contributed by atoms with E-state index in [1.54, 1.807) is 0 Å². The Morgan fingerprint density at radius 2 is 0.830 bits per heavy atom. The molecular formula is C82H60BN3S2. The molecule has 3 nitrogen and oxygen atoms in total. The SMILES string of the molecule is CC(C)(C)c1ccc(N2c3cc(N(c4ccccc4)c4ccccc4)ccc3B3c4c(cc(-c5cc(-c6ccccc6)cc(-c6ccccc6)c5)cc42)Sc2cc(N(c4ccccc4)c4ccccc4)c4c(sc5ccccc54)c23)c(-c2ccccc2)c1. The van der Waals surface area contributed by atoms with Crippen molar-refractivity contribution in [3.8, 4) is 44.5 Å². The van der Waals surface area contributed by atoms with Crippen molar-refractivity contribution in [1.29, 1.82) is 0 Å². The molecule has 0 atom stereocenters. The van der Waals surface area contributed by atoms with Crippen LogP contribution >= 0.6 is 23.1 Å². The third kappa shape index (κ3) is 9.39. The summed E-state index contributed by atoms with van der Waals surface area (Å²) in [6.07, 6.45) is 0. The largest absolute Gasteiger partial charge is 0.311 e. The summed E-state index contributed by atoms with van der Waals surface area (Å²) in [5.74, 6) is 0. The van der Waals surface area contributed by atoms with Gasteiger partial charge in [0.15, 0.2) is 0 Å². The van der Waals surface area contributed by atoms with Gasteiger partial charge < -0.3 is 14.7 Å². The fourth-order valence-corrected chi connectivity index (χ4v) is 16.1. The molecule has 14 aromatic rings. The summed E-state index contributed by atoms with van der Waals surface area (Å²) < 4.78 is 2.58. The minimum absolute atomic E-state index is 0.100. The van der Waals surface area contributed by atoms with Crippen molar-refractivity contribution < 1.29 is 0 Å². The summed E-state index contributed by atoms with van der Waals surface area (Å²) in [4.78, 5) is 10.1. The van der Waals surface area contributed by atoms with Crippen molar-refractivity contribution in [3.05, 3.63) is 315 Å². The second-order valence-corrected chi connectivity index (χ2v) is 26.2. The average molecular weight is 1160 g/mol. The highest BCUT2D eigenvalue weighted by Crippen LogP contribution is 2.53. The molecule has 0 spiro atoms. The van der Waals surface area contributed by atoms with Gasteiger partial charge in [-0.25, -0.2) is 0 Å². The normalized spacial score (nSPS) is 12.4. The number of anilines is 9. The molecule has 0 amide bonds. The first-order valence-corrected chi connectivity index (χ1v) is 32.0. The Kier molecular flexibility index (Phi) is 13.3. The monoisotopic (exact) mass is 1160 g/mol. The highest BCUT2D eigenvalue weighted by atomic mass is 32.2. The van der Waals surface area contributed by atoms with E-state index in [9.17, 15) is 0 Å². The maximum atomic E-state index is 2.65. The van der Waals surface area contributed by atoms with E-state index in [1.807, 2.05) is 23.1 Å². The molecule has 13 aromatic carbocycles. The summed E-state index contributed by atoms with van der Waals surface area (Å²) >= 11 is 3.87. The lowest BCUT2D eigenvalue weighted by Crippen LogP contribution is -2.60. The van der Waals surface area contributed by atoms with Crippen LogP contribution in [-0.2, 0) is 5.41 Å². The number of hydrogen-bond acceptors (Lipinski definition) is 5. The van der Waals surface area contributed by atoms with E-state index in [4.69, 9.17) is 0 Å². The number of nitrogens with zero attached hydrogens (tertiary/aromatic N) is 3. The predicted molar refractivity (Wildman–Crippen MR) is 379 cm³/mol. The van der Waals surface area contributed by atoms with Crippen LogP contribution in [-0.4, -0.2) is 6.71 Å². The Morgan fingerprint density at radius 1 is 0.352 bits per heavy atom. The van der Waals surface area contributed by atoms with E-state index in [1.165, 1.54) is 96.7 Å². The van der Waals surface area contributed by atoms with Gasteiger partial charge in [0.25, 0.3) is 6.71 Å². The molecular weight excluding hydrogens is 1100 g/mol. The molecule has 3 heterocycles. The first-order chi connectivity index (χ1) is 43.3. The second-order valence-electron chi connectivity index (χ2n) is 24.0. The third-order valence-corrected chi connectivity index (χ3v) is 19.9. The fraction of sp³-hybridized carbons (Fsp3) is 0.0488. The molecule has 0 aliphatic carbocycles. The van der Waals surface area contributed by atoms with E-state index in [0.717, 1.165) is 50.9 Å². The fourth-order valence-electron chi connectivity index (χ4n) is 13.4. The van der Waals surface area contributed by atoms with Crippen LogP contribution in [0.3, 0.4) is 0 Å².